The maximum Gasteiger partial charge on any atom is 0.327 e. The normalized spacial score (nSPS) is 11.3. The molecule has 0 amide bonds. The van der Waals surface area contributed by atoms with Crippen molar-refractivity contribution < 1.29 is 22.9 Å². The Morgan fingerprint density at radius 3 is 2.46 bits per heavy atom. The number of hydrogen-bond donors (Lipinski definition) is 0. The minimum absolute atomic E-state index is 0.0150. The predicted molar refractivity (Wildman–Crippen MR) is 105 cm³/mol. The van der Waals surface area contributed by atoms with Crippen LogP contribution in [0, 0.1) is 10.1 Å². The molecule has 2 aromatic carbocycles. The number of carbonyl (C=O) groups excluding carboxylic acids is 1. The van der Waals surface area contributed by atoms with Crippen molar-refractivity contribution in [2.45, 2.75) is 24.8 Å². The van der Waals surface area contributed by atoms with Gasteiger partial charge in [-0.3, -0.25) is 19.2 Å². The molecule has 0 saturated carbocycles. The number of non-ortho nitro benzene ring substituents is 1. The molecule has 0 aliphatic rings. The number of halogens is 2. The molecule has 0 N–H and O–H groups in total. The molecule has 0 spiro atoms. The second-order valence-corrected chi connectivity index (χ2v) is 8.61. The van der Waals surface area contributed by atoms with Gasteiger partial charge in [0.05, 0.1) is 26.6 Å². The van der Waals surface area contributed by atoms with E-state index in [0.29, 0.717) is 0 Å². The van der Waals surface area contributed by atoms with Crippen LogP contribution in [0.4, 0.5) is 11.4 Å². The van der Waals surface area contributed by atoms with Gasteiger partial charge in [0.1, 0.15) is 6.54 Å². The van der Waals surface area contributed by atoms with Gasteiger partial charge in [-0.05, 0) is 38.1 Å². The molecule has 0 saturated heterocycles. The lowest BCUT2D eigenvalue weighted by Gasteiger charge is -2.25. The van der Waals surface area contributed by atoms with Crippen molar-refractivity contribution >= 4 is 50.6 Å². The molecular formula is C17H16Cl2N2O6S. The molecular weight excluding hydrogens is 431 g/mol. The van der Waals surface area contributed by atoms with Crippen molar-refractivity contribution in [1.82, 2.24) is 0 Å². The van der Waals surface area contributed by atoms with Crippen LogP contribution in [-0.4, -0.2) is 32.0 Å². The third-order valence-corrected chi connectivity index (χ3v) is 5.73. The summed E-state index contributed by atoms with van der Waals surface area (Å²) < 4.78 is 32.1. The van der Waals surface area contributed by atoms with Crippen LogP contribution in [0.15, 0.2) is 47.4 Å². The highest BCUT2D eigenvalue weighted by molar-refractivity contribution is 7.92. The number of hydrogen-bond acceptors (Lipinski definition) is 6. The van der Waals surface area contributed by atoms with Crippen molar-refractivity contribution in [1.29, 1.82) is 0 Å². The number of ether oxygens (including phenoxy) is 1. The second-order valence-electron chi connectivity index (χ2n) is 5.90. The number of nitro benzene ring substituents is 1. The minimum atomic E-state index is -4.38. The summed E-state index contributed by atoms with van der Waals surface area (Å²) in [6.07, 6.45) is -0.462. The first kappa shape index (κ1) is 21.9. The van der Waals surface area contributed by atoms with Crippen LogP contribution in [0.5, 0.6) is 0 Å². The van der Waals surface area contributed by atoms with Crippen molar-refractivity contribution in [3.8, 4) is 0 Å². The van der Waals surface area contributed by atoms with Gasteiger partial charge < -0.3 is 4.74 Å². The van der Waals surface area contributed by atoms with Crippen LogP contribution >= 0.6 is 23.2 Å². The van der Waals surface area contributed by atoms with Gasteiger partial charge >= 0.3 is 5.97 Å². The van der Waals surface area contributed by atoms with E-state index in [2.05, 4.69) is 0 Å². The maximum atomic E-state index is 13.2. The fourth-order valence-corrected chi connectivity index (χ4v) is 4.31. The molecule has 0 aliphatic carbocycles. The Hall–Kier alpha value is -2.36. The van der Waals surface area contributed by atoms with Crippen LogP contribution in [0.3, 0.4) is 0 Å². The average Bonchev–Trinajstić information content (AvgIpc) is 2.59. The van der Waals surface area contributed by atoms with Crippen molar-refractivity contribution in [2.24, 2.45) is 0 Å². The average molecular weight is 447 g/mol. The van der Waals surface area contributed by atoms with E-state index in [0.717, 1.165) is 16.4 Å². The van der Waals surface area contributed by atoms with E-state index in [1.54, 1.807) is 13.8 Å². The summed E-state index contributed by atoms with van der Waals surface area (Å²) in [4.78, 5) is 22.1. The van der Waals surface area contributed by atoms with E-state index >= 15 is 0 Å². The van der Waals surface area contributed by atoms with Gasteiger partial charge in [-0.15, -0.1) is 0 Å². The van der Waals surface area contributed by atoms with Crippen molar-refractivity contribution in [3.63, 3.8) is 0 Å². The molecule has 11 heteroatoms. The van der Waals surface area contributed by atoms with Gasteiger partial charge in [-0.1, -0.05) is 29.3 Å². The third-order valence-electron chi connectivity index (χ3n) is 3.43. The van der Waals surface area contributed by atoms with Crippen LogP contribution in [-0.2, 0) is 19.6 Å². The summed E-state index contributed by atoms with van der Waals surface area (Å²) in [6.45, 7) is 2.56. The Kier molecular flexibility index (Phi) is 6.87. The largest absolute Gasteiger partial charge is 0.462 e. The van der Waals surface area contributed by atoms with Gasteiger partial charge in [0.25, 0.3) is 15.7 Å². The lowest BCUT2D eigenvalue weighted by molar-refractivity contribution is -0.385. The van der Waals surface area contributed by atoms with E-state index in [1.165, 1.54) is 30.3 Å². The Morgan fingerprint density at radius 2 is 1.89 bits per heavy atom. The second kappa shape index (κ2) is 8.76. The highest BCUT2D eigenvalue weighted by Crippen LogP contribution is 2.33. The molecule has 0 aromatic heterocycles. The van der Waals surface area contributed by atoms with Crippen LogP contribution in [0.25, 0.3) is 0 Å². The van der Waals surface area contributed by atoms with Crippen LogP contribution in [0.1, 0.15) is 13.8 Å². The van der Waals surface area contributed by atoms with Crippen molar-refractivity contribution in [2.75, 3.05) is 10.8 Å². The highest BCUT2D eigenvalue weighted by atomic mass is 35.5. The molecule has 0 bridgehead atoms. The van der Waals surface area contributed by atoms with E-state index in [-0.39, 0.29) is 20.6 Å². The standard InChI is InChI=1S/C17H16Cl2N2O6S/c1-11(2)27-17(22)10-20(16-7-6-12(18)8-15(16)19)28(25,26)14-5-3-4-13(9-14)21(23)24/h3-9,11H,10H2,1-2H3. The number of rotatable bonds is 7. The first-order valence-electron chi connectivity index (χ1n) is 7.94. The number of nitro groups is 1. The smallest absolute Gasteiger partial charge is 0.327 e. The first-order chi connectivity index (χ1) is 13.0. The Bertz CT molecular complexity index is 1010. The zero-order valence-corrected chi connectivity index (χ0v) is 17.2. The summed E-state index contributed by atoms with van der Waals surface area (Å²) in [6, 6.07) is 8.55. The number of sulfonamides is 1. The number of anilines is 1. The van der Waals surface area contributed by atoms with Gasteiger partial charge in [-0.2, -0.15) is 0 Å². The highest BCUT2D eigenvalue weighted by Gasteiger charge is 2.30. The number of esters is 1. The molecule has 0 unspecified atom stereocenters. The van der Waals surface area contributed by atoms with Crippen LogP contribution < -0.4 is 4.31 Å². The lowest BCUT2D eigenvalue weighted by atomic mass is 10.3. The zero-order valence-electron chi connectivity index (χ0n) is 14.8. The number of benzene rings is 2. The topological polar surface area (TPSA) is 107 Å². The molecule has 2 rings (SSSR count). The number of carbonyl (C=O) groups is 1. The lowest BCUT2D eigenvalue weighted by Crippen LogP contribution is -2.37. The molecule has 2 aromatic rings. The Morgan fingerprint density at radius 1 is 1.21 bits per heavy atom. The molecule has 0 atom stereocenters. The quantitative estimate of drug-likeness (QED) is 0.360. The first-order valence-corrected chi connectivity index (χ1v) is 10.1. The van der Waals surface area contributed by atoms with E-state index < -0.39 is 39.3 Å². The summed E-state index contributed by atoms with van der Waals surface area (Å²) in [7, 11) is -4.38. The van der Waals surface area contributed by atoms with Gasteiger partial charge in [-0.25, -0.2) is 8.42 Å². The summed E-state index contributed by atoms with van der Waals surface area (Å²) >= 11 is 12.0. The van der Waals surface area contributed by atoms with Crippen molar-refractivity contribution in [3.05, 3.63) is 62.6 Å². The summed E-state index contributed by atoms with van der Waals surface area (Å²) in [5, 5.41) is 11.3. The van der Waals surface area contributed by atoms with E-state index in [4.69, 9.17) is 27.9 Å². The van der Waals surface area contributed by atoms with E-state index in [9.17, 15) is 23.3 Å². The molecule has 150 valence electrons. The van der Waals surface area contributed by atoms with E-state index in [1.807, 2.05) is 0 Å². The third kappa shape index (κ3) is 5.12. The molecule has 0 fully saturated rings. The fourth-order valence-electron chi connectivity index (χ4n) is 2.29. The minimum Gasteiger partial charge on any atom is -0.462 e. The monoisotopic (exact) mass is 446 g/mol. The Labute approximate surface area is 171 Å². The van der Waals surface area contributed by atoms with Crippen LogP contribution in [0.2, 0.25) is 10.0 Å². The Balaban J connectivity index is 2.57. The van der Waals surface area contributed by atoms with Gasteiger partial charge in [0, 0.05) is 17.2 Å². The summed E-state index contributed by atoms with van der Waals surface area (Å²) in [5.74, 6) is -0.810. The summed E-state index contributed by atoms with van der Waals surface area (Å²) in [5.41, 5.74) is -0.425. The zero-order chi connectivity index (χ0) is 21.1. The predicted octanol–water partition coefficient (Wildman–Crippen LogP) is 4.05. The van der Waals surface area contributed by atoms with Gasteiger partial charge in [0.15, 0.2) is 0 Å². The SMILES string of the molecule is CC(C)OC(=O)CN(c1ccc(Cl)cc1Cl)S(=O)(=O)c1cccc([N+](=O)[O-])c1. The molecule has 0 radical (unpaired) electrons. The molecule has 28 heavy (non-hydrogen) atoms. The fraction of sp³-hybridized carbons (Fsp3) is 0.235. The molecule has 8 nitrogen and oxygen atoms in total. The molecule has 0 aliphatic heterocycles. The molecule has 0 heterocycles. The van der Waals surface area contributed by atoms with Gasteiger partial charge in [0.2, 0.25) is 0 Å². The maximum absolute atomic E-state index is 13.2. The number of nitrogens with zero attached hydrogens (tertiary/aromatic N) is 2.